The highest BCUT2D eigenvalue weighted by Gasteiger charge is 2.26. The summed E-state index contributed by atoms with van der Waals surface area (Å²) in [4.78, 5) is 19.8. The summed E-state index contributed by atoms with van der Waals surface area (Å²) in [5.41, 5.74) is 3.00. The van der Waals surface area contributed by atoms with Crippen LogP contribution in [0.4, 0.5) is 10.3 Å². The molecule has 0 atom stereocenters. The molecule has 7 nitrogen and oxygen atoms in total. The van der Waals surface area contributed by atoms with E-state index in [4.69, 9.17) is 9.26 Å². The molecule has 8 heteroatoms. The van der Waals surface area contributed by atoms with Gasteiger partial charge in [0.1, 0.15) is 11.5 Å². The number of rotatable bonds is 10. The van der Waals surface area contributed by atoms with Crippen molar-refractivity contribution in [1.82, 2.24) is 15.0 Å². The summed E-state index contributed by atoms with van der Waals surface area (Å²) in [5, 5.41) is 4.42. The molecule has 1 aliphatic heterocycles. The maximum absolute atomic E-state index is 13.6. The summed E-state index contributed by atoms with van der Waals surface area (Å²) < 4.78 is 24.9. The van der Waals surface area contributed by atoms with E-state index >= 15 is 0 Å². The topological polar surface area (TPSA) is 62.1 Å². The normalized spacial score (nSPS) is 14.1. The molecule has 4 rings (SSSR count). The third-order valence-corrected chi connectivity index (χ3v) is 6.38. The molecule has 2 heterocycles. The van der Waals surface area contributed by atoms with Crippen molar-refractivity contribution in [1.29, 1.82) is 0 Å². The molecule has 0 spiro atoms. The van der Waals surface area contributed by atoms with Gasteiger partial charge in [0.25, 0.3) is 5.91 Å². The SMILES string of the molecule is CCN(CC)c1onc(-c2ccccc2)c1CN(CCN1CCOCC1)C(=O)c1ccc(F)cc1. The monoisotopic (exact) mass is 480 g/mol. The van der Waals surface area contributed by atoms with E-state index in [-0.39, 0.29) is 11.7 Å². The second kappa shape index (κ2) is 12.0. The van der Waals surface area contributed by atoms with Gasteiger partial charge in [0.15, 0.2) is 0 Å². The minimum Gasteiger partial charge on any atom is -0.379 e. The zero-order valence-corrected chi connectivity index (χ0v) is 20.5. The predicted molar refractivity (Wildman–Crippen MR) is 134 cm³/mol. The van der Waals surface area contributed by atoms with Crippen LogP contribution in [-0.2, 0) is 11.3 Å². The highest BCUT2D eigenvalue weighted by atomic mass is 19.1. The summed E-state index contributed by atoms with van der Waals surface area (Å²) in [7, 11) is 0. The highest BCUT2D eigenvalue weighted by Crippen LogP contribution is 2.32. The number of carbonyl (C=O) groups is 1. The van der Waals surface area contributed by atoms with Crippen LogP contribution < -0.4 is 4.90 Å². The van der Waals surface area contributed by atoms with Crippen molar-refractivity contribution in [3.05, 3.63) is 71.5 Å². The lowest BCUT2D eigenvalue weighted by Crippen LogP contribution is -2.43. The fourth-order valence-corrected chi connectivity index (χ4v) is 4.33. The van der Waals surface area contributed by atoms with Crippen LogP contribution in [0.15, 0.2) is 59.1 Å². The zero-order valence-electron chi connectivity index (χ0n) is 20.5. The average molecular weight is 481 g/mol. The third kappa shape index (κ3) is 6.07. The van der Waals surface area contributed by atoms with E-state index in [9.17, 15) is 9.18 Å². The van der Waals surface area contributed by atoms with Crippen LogP contribution in [0.5, 0.6) is 0 Å². The van der Waals surface area contributed by atoms with Crippen molar-refractivity contribution < 1.29 is 18.4 Å². The first kappa shape index (κ1) is 24.9. The Bertz CT molecular complexity index is 1080. The van der Waals surface area contributed by atoms with E-state index in [0.29, 0.717) is 37.8 Å². The Morgan fingerprint density at radius 3 is 2.37 bits per heavy atom. The van der Waals surface area contributed by atoms with Crippen LogP contribution in [-0.4, -0.2) is 73.3 Å². The van der Waals surface area contributed by atoms with Gasteiger partial charge in [-0.3, -0.25) is 9.69 Å². The summed E-state index contributed by atoms with van der Waals surface area (Å²) in [6, 6.07) is 15.6. The van der Waals surface area contributed by atoms with Gasteiger partial charge < -0.3 is 19.1 Å². The Kier molecular flexibility index (Phi) is 8.50. The minimum atomic E-state index is -0.365. The summed E-state index contributed by atoms with van der Waals surface area (Å²) in [6.45, 7) is 10.3. The number of aromatic nitrogens is 1. The maximum atomic E-state index is 13.6. The number of halogens is 1. The van der Waals surface area contributed by atoms with Gasteiger partial charge in [0, 0.05) is 50.4 Å². The second-order valence-electron chi connectivity index (χ2n) is 8.54. The molecule has 1 aromatic heterocycles. The molecular formula is C27H33FN4O3. The van der Waals surface area contributed by atoms with Crippen LogP contribution in [0.2, 0.25) is 0 Å². The van der Waals surface area contributed by atoms with Crippen LogP contribution in [0.1, 0.15) is 29.8 Å². The Balaban J connectivity index is 1.68. The van der Waals surface area contributed by atoms with Gasteiger partial charge in [0.2, 0.25) is 5.88 Å². The number of nitrogens with zero attached hydrogens (tertiary/aromatic N) is 4. The second-order valence-corrected chi connectivity index (χ2v) is 8.54. The van der Waals surface area contributed by atoms with Crippen LogP contribution >= 0.6 is 0 Å². The average Bonchev–Trinajstić information content (AvgIpc) is 3.31. The fraction of sp³-hybridized carbons (Fsp3) is 0.407. The van der Waals surface area contributed by atoms with E-state index in [1.165, 1.54) is 24.3 Å². The molecule has 0 radical (unpaired) electrons. The molecule has 0 unspecified atom stereocenters. The molecule has 1 amide bonds. The molecule has 0 aliphatic carbocycles. The summed E-state index contributed by atoms with van der Waals surface area (Å²) in [5.74, 6) is 0.164. The maximum Gasteiger partial charge on any atom is 0.254 e. The number of anilines is 1. The lowest BCUT2D eigenvalue weighted by Gasteiger charge is -2.30. The number of hydrogen-bond donors (Lipinski definition) is 0. The van der Waals surface area contributed by atoms with Crippen molar-refractivity contribution in [3.63, 3.8) is 0 Å². The Morgan fingerprint density at radius 2 is 1.71 bits per heavy atom. The molecule has 186 valence electrons. The minimum absolute atomic E-state index is 0.149. The quantitative estimate of drug-likeness (QED) is 0.431. The standard InChI is InChI=1S/C27H33FN4O3/c1-3-31(4-2)27-24(25(29-35-27)21-8-6-5-7-9-21)20-32(15-14-30-16-18-34-19-17-30)26(33)22-10-12-23(28)13-11-22/h5-13H,3-4,14-20H2,1-2H3. The first-order valence-electron chi connectivity index (χ1n) is 12.2. The molecule has 1 fully saturated rings. The van der Waals surface area contributed by atoms with Gasteiger partial charge in [0.05, 0.1) is 25.3 Å². The van der Waals surface area contributed by atoms with E-state index in [1.807, 2.05) is 35.2 Å². The number of ether oxygens (including phenoxy) is 1. The molecule has 35 heavy (non-hydrogen) atoms. The number of carbonyl (C=O) groups excluding carboxylic acids is 1. The van der Waals surface area contributed by atoms with Gasteiger partial charge >= 0.3 is 0 Å². The Labute approximate surface area is 206 Å². The lowest BCUT2D eigenvalue weighted by molar-refractivity contribution is 0.0320. The molecule has 1 aliphatic rings. The first-order chi connectivity index (χ1) is 17.1. The molecule has 0 saturated carbocycles. The number of hydrogen-bond acceptors (Lipinski definition) is 6. The zero-order chi connectivity index (χ0) is 24.6. The summed E-state index contributed by atoms with van der Waals surface area (Å²) in [6.07, 6.45) is 0. The van der Waals surface area contributed by atoms with Gasteiger partial charge in [-0.05, 0) is 38.1 Å². The van der Waals surface area contributed by atoms with Crippen molar-refractivity contribution >= 4 is 11.8 Å². The van der Waals surface area contributed by atoms with Gasteiger partial charge in [-0.25, -0.2) is 4.39 Å². The number of benzene rings is 2. The number of morpholine rings is 1. The summed E-state index contributed by atoms with van der Waals surface area (Å²) >= 11 is 0. The third-order valence-electron chi connectivity index (χ3n) is 6.38. The van der Waals surface area contributed by atoms with E-state index < -0.39 is 0 Å². The van der Waals surface area contributed by atoms with Gasteiger partial charge in [-0.2, -0.15) is 0 Å². The van der Waals surface area contributed by atoms with Crippen molar-refractivity contribution in [2.75, 3.05) is 57.4 Å². The van der Waals surface area contributed by atoms with Gasteiger partial charge in [-0.15, -0.1) is 0 Å². The van der Waals surface area contributed by atoms with Crippen molar-refractivity contribution in [3.8, 4) is 11.3 Å². The van der Waals surface area contributed by atoms with Crippen LogP contribution in [0, 0.1) is 5.82 Å². The van der Waals surface area contributed by atoms with Gasteiger partial charge in [-0.1, -0.05) is 35.5 Å². The molecule has 0 N–H and O–H groups in total. The molecule has 3 aromatic rings. The fourth-order valence-electron chi connectivity index (χ4n) is 4.33. The lowest BCUT2D eigenvalue weighted by atomic mass is 10.1. The van der Waals surface area contributed by atoms with E-state index in [2.05, 4.69) is 28.8 Å². The van der Waals surface area contributed by atoms with Crippen molar-refractivity contribution in [2.24, 2.45) is 0 Å². The molecular weight excluding hydrogens is 447 g/mol. The molecule has 0 bridgehead atoms. The Hall–Kier alpha value is -3.23. The molecule has 1 saturated heterocycles. The van der Waals surface area contributed by atoms with Crippen LogP contribution in [0.3, 0.4) is 0 Å². The predicted octanol–water partition coefficient (Wildman–Crippen LogP) is 4.30. The molecule has 2 aromatic carbocycles. The Morgan fingerprint density at radius 1 is 1.03 bits per heavy atom. The number of amides is 1. The first-order valence-corrected chi connectivity index (χ1v) is 12.2. The highest BCUT2D eigenvalue weighted by molar-refractivity contribution is 5.94. The largest absolute Gasteiger partial charge is 0.379 e. The van der Waals surface area contributed by atoms with E-state index in [1.54, 1.807) is 0 Å². The van der Waals surface area contributed by atoms with Crippen molar-refractivity contribution in [2.45, 2.75) is 20.4 Å². The smallest absolute Gasteiger partial charge is 0.254 e. The van der Waals surface area contributed by atoms with E-state index in [0.717, 1.165) is 49.5 Å². The van der Waals surface area contributed by atoms with Crippen LogP contribution in [0.25, 0.3) is 11.3 Å².